The van der Waals surface area contributed by atoms with Crippen molar-refractivity contribution in [2.75, 3.05) is 6.61 Å². The average Bonchev–Trinajstić information content (AvgIpc) is 3.36. The average molecular weight is 363 g/mol. The van der Waals surface area contributed by atoms with Gasteiger partial charge in [0.05, 0.1) is 6.04 Å². The second-order valence-electron chi connectivity index (χ2n) is 6.50. The first-order valence-corrected chi connectivity index (χ1v) is 9.80. The highest BCUT2D eigenvalue weighted by atomic mass is 32.1. The van der Waals surface area contributed by atoms with Gasteiger partial charge in [-0.05, 0) is 59.5 Å². The number of hydrogen-bond acceptors (Lipinski definition) is 3. The van der Waals surface area contributed by atoms with E-state index >= 15 is 0 Å². The summed E-state index contributed by atoms with van der Waals surface area (Å²) in [4.78, 5) is 13.6. The number of aryl methyl sites for hydroxylation is 2. The molecule has 1 heterocycles. The zero-order valence-corrected chi connectivity index (χ0v) is 15.3. The first-order valence-electron chi connectivity index (χ1n) is 8.92. The molecule has 0 saturated carbocycles. The van der Waals surface area contributed by atoms with Gasteiger partial charge in [0.25, 0.3) is 5.91 Å². The maximum absolute atomic E-state index is 12.5. The Hall–Kier alpha value is -2.59. The lowest BCUT2D eigenvalue weighted by Gasteiger charge is -2.19. The Kier molecular flexibility index (Phi) is 5.02. The first kappa shape index (κ1) is 16.9. The molecular weight excluding hydrogens is 342 g/mol. The van der Waals surface area contributed by atoms with Gasteiger partial charge in [-0.2, -0.15) is 0 Å². The number of fused-ring (bicyclic) bond motifs is 1. The minimum absolute atomic E-state index is 0.0107. The molecule has 4 heteroatoms. The molecule has 1 aliphatic rings. The first-order chi connectivity index (χ1) is 12.8. The third-order valence-corrected chi connectivity index (χ3v) is 5.64. The lowest BCUT2D eigenvalue weighted by molar-refractivity contribution is -0.123. The number of para-hydroxylation sites is 1. The predicted molar refractivity (Wildman–Crippen MR) is 105 cm³/mol. The standard InChI is InChI=1S/C22H21NO2S/c24-21(15-25-19-8-2-1-3-9-19)23-22(20-10-5-13-26-20)18-12-11-16-6-4-7-17(16)14-18/h1-3,5,8-14,22H,4,6-7,15H2,(H,23,24)/t22-/m0/s1. The second-order valence-corrected chi connectivity index (χ2v) is 7.48. The Labute approximate surface area is 157 Å². The second kappa shape index (κ2) is 7.75. The molecule has 1 amide bonds. The minimum Gasteiger partial charge on any atom is -0.484 e. The van der Waals surface area contributed by atoms with E-state index in [0.717, 1.165) is 23.3 Å². The van der Waals surface area contributed by atoms with Crippen molar-refractivity contribution in [3.8, 4) is 5.75 Å². The van der Waals surface area contributed by atoms with E-state index in [1.54, 1.807) is 11.3 Å². The number of amides is 1. The van der Waals surface area contributed by atoms with E-state index < -0.39 is 0 Å². The Balaban J connectivity index is 1.50. The van der Waals surface area contributed by atoms with Gasteiger partial charge in [0.1, 0.15) is 5.75 Å². The van der Waals surface area contributed by atoms with E-state index in [9.17, 15) is 4.79 Å². The van der Waals surface area contributed by atoms with Crippen molar-refractivity contribution in [1.82, 2.24) is 5.32 Å². The normalized spacial score (nSPS) is 13.8. The molecule has 0 spiro atoms. The predicted octanol–water partition coefficient (Wildman–Crippen LogP) is 4.52. The largest absolute Gasteiger partial charge is 0.484 e. The monoisotopic (exact) mass is 363 g/mol. The molecule has 0 unspecified atom stereocenters. The molecule has 0 fully saturated rings. The number of hydrogen-bond donors (Lipinski definition) is 1. The van der Waals surface area contributed by atoms with Gasteiger partial charge in [-0.15, -0.1) is 11.3 Å². The molecular formula is C22H21NO2S. The van der Waals surface area contributed by atoms with Crippen LogP contribution < -0.4 is 10.1 Å². The fourth-order valence-electron chi connectivity index (χ4n) is 3.41. The van der Waals surface area contributed by atoms with Gasteiger partial charge >= 0.3 is 0 Å². The summed E-state index contributed by atoms with van der Waals surface area (Å²) >= 11 is 1.66. The van der Waals surface area contributed by atoms with Crippen molar-refractivity contribution in [2.24, 2.45) is 0 Å². The van der Waals surface area contributed by atoms with E-state index in [1.807, 2.05) is 41.8 Å². The number of thiophene rings is 1. The summed E-state index contributed by atoms with van der Waals surface area (Å²) in [6.45, 7) is 0.0107. The Morgan fingerprint density at radius 1 is 1.04 bits per heavy atom. The van der Waals surface area contributed by atoms with Crippen LogP contribution >= 0.6 is 11.3 Å². The number of carbonyl (C=O) groups is 1. The summed E-state index contributed by atoms with van der Waals surface area (Å²) in [5.41, 5.74) is 4.00. The summed E-state index contributed by atoms with van der Waals surface area (Å²) in [6, 6.07) is 20.0. The number of ether oxygens (including phenoxy) is 1. The SMILES string of the molecule is O=C(COc1ccccc1)N[C@@H](c1ccc2c(c1)CCC2)c1cccs1. The topological polar surface area (TPSA) is 38.3 Å². The van der Waals surface area contributed by atoms with Crippen molar-refractivity contribution in [2.45, 2.75) is 25.3 Å². The quantitative estimate of drug-likeness (QED) is 0.699. The molecule has 1 N–H and O–H groups in total. The molecule has 3 aromatic rings. The van der Waals surface area contributed by atoms with Crippen LogP contribution in [0.4, 0.5) is 0 Å². The van der Waals surface area contributed by atoms with Crippen LogP contribution in [0.2, 0.25) is 0 Å². The molecule has 1 aliphatic carbocycles. The highest BCUT2D eigenvalue weighted by Gasteiger charge is 2.20. The van der Waals surface area contributed by atoms with Gasteiger partial charge in [0.2, 0.25) is 0 Å². The minimum atomic E-state index is -0.132. The fraction of sp³-hybridized carbons (Fsp3) is 0.227. The molecule has 0 aliphatic heterocycles. The van der Waals surface area contributed by atoms with Crippen LogP contribution in [0.15, 0.2) is 66.0 Å². The van der Waals surface area contributed by atoms with Crippen LogP contribution in [0.25, 0.3) is 0 Å². The van der Waals surface area contributed by atoms with Crippen molar-refractivity contribution in [1.29, 1.82) is 0 Å². The smallest absolute Gasteiger partial charge is 0.258 e. The van der Waals surface area contributed by atoms with Crippen LogP contribution in [0.3, 0.4) is 0 Å². The fourth-order valence-corrected chi connectivity index (χ4v) is 4.22. The Morgan fingerprint density at radius 2 is 1.88 bits per heavy atom. The third-order valence-electron chi connectivity index (χ3n) is 4.70. The molecule has 132 valence electrons. The van der Waals surface area contributed by atoms with Crippen molar-refractivity contribution < 1.29 is 9.53 Å². The number of carbonyl (C=O) groups excluding carboxylic acids is 1. The molecule has 0 saturated heterocycles. The van der Waals surface area contributed by atoms with Gasteiger partial charge in [0, 0.05) is 4.88 Å². The molecule has 4 rings (SSSR count). The maximum atomic E-state index is 12.5. The number of rotatable bonds is 6. The summed E-state index contributed by atoms with van der Waals surface area (Å²) < 4.78 is 5.59. The third kappa shape index (κ3) is 3.81. The van der Waals surface area contributed by atoms with Crippen LogP contribution in [-0.4, -0.2) is 12.5 Å². The molecule has 0 radical (unpaired) electrons. The molecule has 1 aromatic heterocycles. The Morgan fingerprint density at radius 3 is 2.69 bits per heavy atom. The number of nitrogens with one attached hydrogen (secondary N) is 1. The van der Waals surface area contributed by atoms with E-state index in [2.05, 4.69) is 29.6 Å². The molecule has 3 nitrogen and oxygen atoms in total. The van der Waals surface area contributed by atoms with Gasteiger partial charge in [-0.1, -0.05) is 42.5 Å². The molecule has 0 bridgehead atoms. The number of benzene rings is 2. The highest BCUT2D eigenvalue weighted by molar-refractivity contribution is 7.10. The molecule has 26 heavy (non-hydrogen) atoms. The summed E-state index contributed by atoms with van der Waals surface area (Å²) in [5.74, 6) is 0.584. The van der Waals surface area contributed by atoms with E-state index in [1.165, 1.54) is 17.5 Å². The van der Waals surface area contributed by atoms with Crippen LogP contribution in [-0.2, 0) is 17.6 Å². The van der Waals surface area contributed by atoms with E-state index in [-0.39, 0.29) is 18.6 Å². The van der Waals surface area contributed by atoms with Gasteiger partial charge in [-0.3, -0.25) is 4.79 Å². The summed E-state index contributed by atoms with van der Waals surface area (Å²) in [5, 5.41) is 5.19. The van der Waals surface area contributed by atoms with Crippen LogP contribution in [0.1, 0.15) is 34.0 Å². The van der Waals surface area contributed by atoms with Gasteiger partial charge in [0.15, 0.2) is 6.61 Å². The van der Waals surface area contributed by atoms with E-state index in [4.69, 9.17) is 4.74 Å². The summed E-state index contributed by atoms with van der Waals surface area (Å²) in [7, 11) is 0. The molecule has 2 aromatic carbocycles. The summed E-state index contributed by atoms with van der Waals surface area (Å²) in [6.07, 6.45) is 3.52. The van der Waals surface area contributed by atoms with Crippen molar-refractivity contribution in [3.05, 3.63) is 87.6 Å². The van der Waals surface area contributed by atoms with Crippen LogP contribution in [0, 0.1) is 0 Å². The van der Waals surface area contributed by atoms with Crippen molar-refractivity contribution in [3.63, 3.8) is 0 Å². The van der Waals surface area contributed by atoms with Gasteiger partial charge < -0.3 is 10.1 Å². The van der Waals surface area contributed by atoms with Crippen molar-refractivity contribution >= 4 is 17.2 Å². The van der Waals surface area contributed by atoms with Crippen LogP contribution in [0.5, 0.6) is 5.75 Å². The van der Waals surface area contributed by atoms with E-state index in [0.29, 0.717) is 5.75 Å². The lowest BCUT2D eigenvalue weighted by atomic mass is 10.00. The highest BCUT2D eigenvalue weighted by Crippen LogP contribution is 2.30. The maximum Gasteiger partial charge on any atom is 0.258 e. The lowest BCUT2D eigenvalue weighted by Crippen LogP contribution is -2.33. The molecule has 1 atom stereocenters. The zero-order chi connectivity index (χ0) is 17.8. The Bertz CT molecular complexity index is 874. The van der Waals surface area contributed by atoms with Gasteiger partial charge in [-0.25, -0.2) is 0 Å². The zero-order valence-electron chi connectivity index (χ0n) is 14.5.